The van der Waals surface area contributed by atoms with Crippen LogP contribution in [-0.4, -0.2) is 17.4 Å². The van der Waals surface area contributed by atoms with E-state index in [1.807, 2.05) is 6.92 Å². The molecule has 0 atom stereocenters. The van der Waals surface area contributed by atoms with E-state index in [0.717, 1.165) is 6.42 Å². The Balaban J connectivity index is 3.00. The second-order valence-corrected chi connectivity index (χ2v) is 1.43. The molecule has 0 aliphatic heterocycles. The molecule has 0 saturated carbocycles. The Morgan fingerprint density at radius 3 is 2.43 bits per heavy atom. The molecule has 0 aromatic carbocycles. The van der Waals surface area contributed by atoms with E-state index in [-0.39, 0.29) is 6.61 Å². The first-order valence-electron chi connectivity index (χ1n) is 2.48. The van der Waals surface area contributed by atoms with E-state index in [9.17, 15) is 0 Å². The van der Waals surface area contributed by atoms with Crippen LogP contribution in [0.4, 0.5) is 0 Å². The van der Waals surface area contributed by atoms with Gasteiger partial charge in [-0.2, -0.15) is 0 Å². The van der Waals surface area contributed by atoms with E-state index >= 15 is 0 Å². The second kappa shape index (κ2) is 3.81. The number of aliphatic hydroxyl groups is 1. The molecule has 0 rings (SSSR count). The molecule has 42 valence electrons. The van der Waals surface area contributed by atoms with E-state index in [2.05, 4.69) is 0 Å². The maximum Gasteiger partial charge on any atom is 0.0483 e. The van der Waals surface area contributed by atoms with Crippen LogP contribution in [0.15, 0.2) is 0 Å². The number of aliphatic hydroxyl groups excluding tert-OH is 1. The Labute approximate surface area is 43.7 Å². The van der Waals surface area contributed by atoms with Gasteiger partial charge in [-0.3, -0.25) is 0 Å². The second-order valence-electron chi connectivity index (χ2n) is 1.43. The highest BCUT2D eigenvalue weighted by molar-refractivity contribution is 5.80. The van der Waals surface area contributed by atoms with Crippen LogP contribution in [0.2, 0.25) is 0 Å². The van der Waals surface area contributed by atoms with Crippen molar-refractivity contribution in [3.8, 4) is 0 Å². The van der Waals surface area contributed by atoms with E-state index < -0.39 is 0 Å². The molecule has 0 bridgehead atoms. The number of hydrogen-bond acceptors (Lipinski definition) is 2. The molecule has 0 saturated heterocycles. The van der Waals surface area contributed by atoms with Crippen LogP contribution in [0.25, 0.3) is 0 Å². The molecule has 0 aromatic rings. The summed E-state index contributed by atoms with van der Waals surface area (Å²) in [4.78, 5) is 0. The van der Waals surface area contributed by atoms with E-state index in [1.54, 1.807) is 0 Å². The maximum absolute atomic E-state index is 8.23. The van der Waals surface area contributed by atoms with Gasteiger partial charge in [-0.15, -0.1) is 0 Å². The first kappa shape index (κ1) is 6.63. The van der Waals surface area contributed by atoms with Gasteiger partial charge in [0.2, 0.25) is 0 Å². The minimum atomic E-state index is 0.118. The molecular weight excluding hydrogens is 90.1 g/mol. The molecule has 0 aliphatic rings. The van der Waals surface area contributed by atoms with Gasteiger partial charge in [-0.25, -0.2) is 0 Å². The largest absolute Gasteiger partial charge is 0.396 e. The van der Waals surface area contributed by atoms with E-state index in [1.165, 1.54) is 0 Å². The van der Waals surface area contributed by atoms with Gasteiger partial charge in [-0.05, 0) is 6.42 Å². The predicted molar refractivity (Wildman–Crippen MR) is 29.7 cm³/mol. The van der Waals surface area contributed by atoms with Crippen LogP contribution in [0.5, 0.6) is 0 Å². The summed E-state index contributed by atoms with van der Waals surface area (Å²) < 4.78 is 0. The maximum atomic E-state index is 8.23. The lowest BCUT2D eigenvalue weighted by Gasteiger charge is -1.91. The predicted octanol–water partition coefficient (Wildman–Crippen LogP) is 0.799. The first-order chi connectivity index (χ1) is 3.31. The van der Waals surface area contributed by atoms with E-state index in [0.29, 0.717) is 12.1 Å². The monoisotopic (exact) mass is 101 g/mol. The first-order valence-corrected chi connectivity index (χ1v) is 2.48. The summed E-state index contributed by atoms with van der Waals surface area (Å²) in [6.07, 6.45) is 1.30. The lowest BCUT2D eigenvalue weighted by atomic mass is 10.2. The van der Waals surface area contributed by atoms with Crippen LogP contribution >= 0.6 is 0 Å². The summed E-state index contributed by atoms with van der Waals surface area (Å²) in [5, 5.41) is 15.2. The lowest BCUT2D eigenvalue weighted by molar-refractivity contribution is 0.306. The molecule has 0 radical (unpaired) electrons. The van der Waals surface area contributed by atoms with Crippen LogP contribution in [0.3, 0.4) is 0 Å². The standard InChI is InChI=1S/C5H11NO/c1-2-5(6)3-4-7/h6-7H,2-4H2,1H3. The van der Waals surface area contributed by atoms with Crippen molar-refractivity contribution in [2.24, 2.45) is 0 Å². The minimum Gasteiger partial charge on any atom is -0.396 e. The molecule has 0 aliphatic carbocycles. The lowest BCUT2D eigenvalue weighted by Crippen LogP contribution is -1.95. The average molecular weight is 101 g/mol. The van der Waals surface area contributed by atoms with Gasteiger partial charge < -0.3 is 10.5 Å². The Morgan fingerprint density at radius 1 is 1.71 bits per heavy atom. The van der Waals surface area contributed by atoms with Crippen LogP contribution in [0, 0.1) is 5.41 Å². The number of hydrogen-bond donors (Lipinski definition) is 2. The van der Waals surface area contributed by atoms with Gasteiger partial charge in [0, 0.05) is 18.7 Å². The zero-order valence-electron chi connectivity index (χ0n) is 4.57. The van der Waals surface area contributed by atoms with Crippen molar-refractivity contribution in [1.29, 1.82) is 5.41 Å². The summed E-state index contributed by atoms with van der Waals surface area (Å²) in [5.74, 6) is 0. The summed E-state index contributed by atoms with van der Waals surface area (Å²) in [5.41, 5.74) is 0.627. The molecule has 0 unspecified atom stereocenters. The van der Waals surface area contributed by atoms with Crippen molar-refractivity contribution in [2.45, 2.75) is 19.8 Å². The normalized spacial score (nSPS) is 8.86. The Bertz CT molecular complexity index is 61.1. The zero-order chi connectivity index (χ0) is 5.70. The van der Waals surface area contributed by atoms with Crippen molar-refractivity contribution in [1.82, 2.24) is 0 Å². The summed E-state index contributed by atoms with van der Waals surface area (Å²) in [6.45, 7) is 2.03. The fourth-order valence-electron chi connectivity index (χ4n) is 0.312. The van der Waals surface area contributed by atoms with Crippen molar-refractivity contribution in [3.05, 3.63) is 0 Å². The molecule has 0 fully saturated rings. The molecular formula is C5H11NO. The molecule has 0 heterocycles. The highest BCUT2D eigenvalue weighted by Gasteiger charge is 1.87. The highest BCUT2D eigenvalue weighted by Crippen LogP contribution is 1.85. The molecule has 0 aromatic heterocycles. The number of nitrogens with one attached hydrogen (secondary N) is 1. The smallest absolute Gasteiger partial charge is 0.0483 e. The third-order valence-electron chi connectivity index (χ3n) is 0.840. The van der Waals surface area contributed by atoms with E-state index in [4.69, 9.17) is 10.5 Å². The van der Waals surface area contributed by atoms with Gasteiger partial charge in [0.05, 0.1) is 0 Å². The van der Waals surface area contributed by atoms with Gasteiger partial charge in [0.15, 0.2) is 0 Å². The number of rotatable bonds is 3. The van der Waals surface area contributed by atoms with Crippen LogP contribution in [0.1, 0.15) is 19.8 Å². The molecule has 0 spiro atoms. The van der Waals surface area contributed by atoms with Gasteiger partial charge in [0.1, 0.15) is 0 Å². The summed E-state index contributed by atoms with van der Waals surface area (Å²) in [7, 11) is 0. The topological polar surface area (TPSA) is 44.1 Å². The van der Waals surface area contributed by atoms with Gasteiger partial charge in [-0.1, -0.05) is 6.92 Å². The Kier molecular flexibility index (Phi) is 3.61. The third kappa shape index (κ3) is 3.46. The molecule has 2 N–H and O–H groups in total. The quantitative estimate of drug-likeness (QED) is 0.507. The molecule has 0 amide bonds. The Hall–Kier alpha value is -0.370. The molecule has 7 heavy (non-hydrogen) atoms. The van der Waals surface area contributed by atoms with Crippen LogP contribution < -0.4 is 0 Å². The SMILES string of the molecule is CCC(=N)CCO. The minimum absolute atomic E-state index is 0.118. The van der Waals surface area contributed by atoms with Crippen molar-refractivity contribution in [2.75, 3.05) is 6.61 Å². The summed E-state index contributed by atoms with van der Waals surface area (Å²) in [6, 6.07) is 0. The average Bonchev–Trinajstić information content (AvgIpc) is 1.68. The molecule has 2 nitrogen and oxygen atoms in total. The van der Waals surface area contributed by atoms with Gasteiger partial charge >= 0.3 is 0 Å². The zero-order valence-corrected chi connectivity index (χ0v) is 4.57. The molecule has 2 heteroatoms. The van der Waals surface area contributed by atoms with Crippen molar-refractivity contribution in [3.63, 3.8) is 0 Å². The summed E-state index contributed by atoms with van der Waals surface area (Å²) >= 11 is 0. The Morgan fingerprint density at radius 2 is 2.29 bits per heavy atom. The fourth-order valence-corrected chi connectivity index (χ4v) is 0.312. The third-order valence-corrected chi connectivity index (χ3v) is 0.840. The fraction of sp³-hybridized carbons (Fsp3) is 0.800. The van der Waals surface area contributed by atoms with Crippen molar-refractivity contribution < 1.29 is 5.11 Å². The van der Waals surface area contributed by atoms with Crippen LogP contribution in [-0.2, 0) is 0 Å². The highest BCUT2D eigenvalue weighted by atomic mass is 16.2. The van der Waals surface area contributed by atoms with Gasteiger partial charge in [0.25, 0.3) is 0 Å². The van der Waals surface area contributed by atoms with Crippen molar-refractivity contribution >= 4 is 5.71 Å².